The van der Waals surface area contributed by atoms with Gasteiger partial charge in [-0.05, 0) is 43.3 Å². The normalized spacial score (nSPS) is 10.5. The highest BCUT2D eigenvalue weighted by Gasteiger charge is 2.17. The van der Waals surface area contributed by atoms with Crippen LogP contribution in [0.4, 0.5) is 17.2 Å². The average molecular weight is 460 g/mol. The predicted molar refractivity (Wildman–Crippen MR) is 128 cm³/mol. The van der Waals surface area contributed by atoms with Crippen LogP contribution in [0.25, 0.3) is 5.82 Å². The Kier molecular flexibility index (Phi) is 6.58. The van der Waals surface area contributed by atoms with E-state index < -0.39 is 0 Å². The number of hydrogen-bond donors (Lipinski definition) is 2. The Hall–Kier alpha value is -4.60. The number of benzene rings is 2. The lowest BCUT2D eigenvalue weighted by atomic mass is 10.1. The molecule has 0 bridgehead atoms. The zero-order valence-electron chi connectivity index (χ0n) is 19.2. The molecule has 0 saturated heterocycles. The number of aromatic nitrogens is 4. The third-order valence-corrected chi connectivity index (χ3v) is 4.94. The van der Waals surface area contributed by atoms with E-state index in [9.17, 15) is 4.79 Å². The van der Waals surface area contributed by atoms with Gasteiger partial charge in [-0.1, -0.05) is 0 Å². The minimum atomic E-state index is -0.309. The van der Waals surface area contributed by atoms with Crippen molar-refractivity contribution in [1.29, 1.82) is 0 Å². The molecule has 0 atom stereocenters. The lowest BCUT2D eigenvalue weighted by Gasteiger charge is -2.14. The van der Waals surface area contributed by atoms with Crippen LogP contribution >= 0.6 is 0 Å². The first-order chi connectivity index (χ1) is 16.5. The van der Waals surface area contributed by atoms with Crippen molar-refractivity contribution in [2.75, 3.05) is 32.0 Å². The number of ether oxygens (including phenoxy) is 3. The van der Waals surface area contributed by atoms with Gasteiger partial charge in [0.25, 0.3) is 5.91 Å². The van der Waals surface area contributed by atoms with Gasteiger partial charge in [0.05, 0.1) is 21.3 Å². The molecule has 2 aromatic heterocycles. The van der Waals surface area contributed by atoms with Gasteiger partial charge in [0.15, 0.2) is 11.5 Å². The van der Waals surface area contributed by atoms with E-state index in [1.165, 1.54) is 21.3 Å². The van der Waals surface area contributed by atoms with Crippen LogP contribution in [0.1, 0.15) is 16.2 Å². The summed E-state index contributed by atoms with van der Waals surface area (Å²) in [5.41, 5.74) is 1.81. The molecule has 2 N–H and O–H groups in total. The summed E-state index contributed by atoms with van der Waals surface area (Å²) in [5, 5.41) is 6.13. The summed E-state index contributed by atoms with van der Waals surface area (Å²) in [6.45, 7) is 1.83. The zero-order chi connectivity index (χ0) is 24.1. The van der Waals surface area contributed by atoms with Gasteiger partial charge in [-0.2, -0.15) is 0 Å². The van der Waals surface area contributed by atoms with E-state index >= 15 is 0 Å². The molecule has 4 rings (SSSR count). The van der Waals surface area contributed by atoms with Gasteiger partial charge in [0.2, 0.25) is 5.75 Å². The van der Waals surface area contributed by atoms with Gasteiger partial charge in [-0.25, -0.2) is 15.0 Å². The molecule has 0 spiro atoms. The van der Waals surface area contributed by atoms with Gasteiger partial charge in [-0.15, -0.1) is 0 Å². The van der Waals surface area contributed by atoms with Crippen LogP contribution in [0.2, 0.25) is 0 Å². The summed E-state index contributed by atoms with van der Waals surface area (Å²) < 4.78 is 17.8. The number of amides is 1. The number of hydrogen-bond acceptors (Lipinski definition) is 8. The number of imidazole rings is 1. The molecule has 0 radical (unpaired) electrons. The van der Waals surface area contributed by atoms with Crippen LogP contribution in [0.15, 0.2) is 61.2 Å². The average Bonchev–Trinajstić information content (AvgIpc) is 3.39. The maximum absolute atomic E-state index is 12.8. The minimum absolute atomic E-state index is 0.309. The SMILES string of the molecule is COc1cc(C(=O)Nc2ccc(Nc3cc(-n4ccnc4)nc(C)n3)cc2)cc(OC)c1OC. The number of anilines is 3. The van der Waals surface area contributed by atoms with Crippen molar-refractivity contribution >= 4 is 23.1 Å². The first kappa shape index (κ1) is 22.6. The number of carbonyl (C=O) groups excluding carboxylic acids is 1. The molecule has 2 heterocycles. The highest BCUT2D eigenvalue weighted by molar-refractivity contribution is 6.05. The lowest BCUT2D eigenvalue weighted by Crippen LogP contribution is -2.12. The van der Waals surface area contributed by atoms with Crippen molar-refractivity contribution < 1.29 is 19.0 Å². The fourth-order valence-electron chi connectivity index (χ4n) is 3.34. The van der Waals surface area contributed by atoms with E-state index in [0.717, 1.165) is 5.69 Å². The van der Waals surface area contributed by atoms with Gasteiger partial charge < -0.3 is 24.8 Å². The largest absolute Gasteiger partial charge is 0.493 e. The second-order valence-corrected chi connectivity index (χ2v) is 7.20. The summed E-state index contributed by atoms with van der Waals surface area (Å²) in [5.74, 6) is 2.91. The number of carbonyl (C=O) groups is 1. The lowest BCUT2D eigenvalue weighted by molar-refractivity contribution is 0.102. The van der Waals surface area contributed by atoms with Crippen molar-refractivity contribution in [1.82, 2.24) is 19.5 Å². The van der Waals surface area contributed by atoms with Crippen LogP contribution in [-0.4, -0.2) is 46.8 Å². The molecule has 0 aliphatic carbocycles. The molecule has 34 heavy (non-hydrogen) atoms. The molecule has 0 aliphatic heterocycles. The number of nitrogens with zero attached hydrogens (tertiary/aromatic N) is 4. The van der Waals surface area contributed by atoms with Crippen LogP contribution in [0.3, 0.4) is 0 Å². The first-order valence-corrected chi connectivity index (χ1v) is 10.3. The van der Waals surface area contributed by atoms with Crippen molar-refractivity contribution in [3.05, 3.63) is 72.6 Å². The summed E-state index contributed by atoms with van der Waals surface area (Å²) in [6.07, 6.45) is 5.18. The quantitative estimate of drug-likeness (QED) is 0.406. The van der Waals surface area contributed by atoms with Crippen LogP contribution in [0.5, 0.6) is 17.2 Å². The predicted octanol–water partition coefficient (Wildman–Crippen LogP) is 3.99. The van der Waals surface area contributed by atoms with Gasteiger partial charge in [-0.3, -0.25) is 9.36 Å². The molecule has 4 aromatic rings. The van der Waals surface area contributed by atoms with Gasteiger partial charge in [0.1, 0.15) is 23.8 Å². The fraction of sp³-hybridized carbons (Fsp3) is 0.167. The maximum Gasteiger partial charge on any atom is 0.255 e. The molecule has 10 heteroatoms. The molecule has 0 saturated carbocycles. The standard InChI is InChI=1S/C24H24N6O4/c1-15-26-21(13-22(27-15)30-10-9-25-14-30)28-17-5-7-18(8-6-17)29-24(31)16-11-19(32-2)23(34-4)20(12-16)33-3/h5-14H,1-4H3,(H,29,31)(H,26,27,28). The number of methoxy groups -OCH3 is 3. The summed E-state index contributed by atoms with van der Waals surface area (Å²) in [6, 6.07) is 12.3. The molecule has 2 aromatic carbocycles. The smallest absolute Gasteiger partial charge is 0.255 e. The molecule has 0 unspecified atom stereocenters. The zero-order valence-corrected chi connectivity index (χ0v) is 19.2. The van der Waals surface area contributed by atoms with E-state index in [1.54, 1.807) is 36.8 Å². The molecular formula is C24H24N6O4. The Bertz CT molecular complexity index is 1260. The topological polar surface area (TPSA) is 112 Å². The Morgan fingerprint density at radius 1 is 0.912 bits per heavy atom. The molecule has 0 fully saturated rings. The third kappa shape index (κ3) is 4.90. The maximum atomic E-state index is 12.8. The Balaban J connectivity index is 1.48. The number of aryl methyl sites for hydroxylation is 1. The van der Waals surface area contributed by atoms with Crippen LogP contribution < -0.4 is 24.8 Å². The second-order valence-electron chi connectivity index (χ2n) is 7.20. The van der Waals surface area contributed by atoms with Gasteiger partial charge >= 0.3 is 0 Å². The van der Waals surface area contributed by atoms with Crippen molar-refractivity contribution in [3.8, 4) is 23.1 Å². The van der Waals surface area contributed by atoms with Gasteiger partial charge in [0, 0.05) is 35.4 Å². The summed E-state index contributed by atoms with van der Waals surface area (Å²) >= 11 is 0. The second kappa shape index (κ2) is 9.90. The van der Waals surface area contributed by atoms with Crippen molar-refractivity contribution in [2.45, 2.75) is 6.92 Å². The Morgan fingerprint density at radius 3 is 2.18 bits per heavy atom. The number of nitrogens with one attached hydrogen (secondary N) is 2. The molecule has 10 nitrogen and oxygen atoms in total. The molecule has 0 aliphatic rings. The highest BCUT2D eigenvalue weighted by atomic mass is 16.5. The summed E-state index contributed by atoms with van der Waals surface area (Å²) in [7, 11) is 4.52. The van der Waals surface area contributed by atoms with E-state index in [-0.39, 0.29) is 5.91 Å². The summed E-state index contributed by atoms with van der Waals surface area (Å²) in [4.78, 5) is 25.7. The first-order valence-electron chi connectivity index (χ1n) is 10.3. The van der Waals surface area contributed by atoms with E-state index in [1.807, 2.05) is 35.9 Å². The van der Waals surface area contributed by atoms with E-state index in [4.69, 9.17) is 14.2 Å². The van der Waals surface area contributed by atoms with E-state index in [2.05, 4.69) is 25.6 Å². The molecule has 1 amide bonds. The molecular weight excluding hydrogens is 436 g/mol. The van der Waals surface area contributed by atoms with Crippen molar-refractivity contribution in [3.63, 3.8) is 0 Å². The van der Waals surface area contributed by atoms with Crippen LogP contribution in [-0.2, 0) is 0 Å². The highest BCUT2D eigenvalue weighted by Crippen LogP contribution is 2.38. The third-order valence-electron chi connectivity index (χ3n) is 4.94. The van der Waals surface area contributed by atoms with Crippen molar-refractivity contribution in [2.24, 2.45) is 0 Å². The monoisotopic (exact) mass is 460 g/mol. The fourth-order valence-corrected chi connectivity index (χ4v) is 3.34. The number of rotatable bonds is 8. The van der Waals surface area contributed by atoms with Crippen LogP contribution in [0, 0.1) is 6.92 Å². The Morgan fingerprint density at radius 2 is 1.59 bits per heavy atom. The Labute approximate surface area is 196 Å². The molecule has 174 valence electrons. The van der Waals surface area contributed by atoms with E-state index in [0.29, 0.717) is 46.0 Å². The minimum Gasteiger partial charge on any atom is -0.493 e.